The summed E-state index contributed by atoms with van der Waals surface area (Å²) in [6, 6.07) is 10.1. The Morgan fingerprint density at radius 2 is 1.96 bits per heavy atom. The van der Waals surface area contributed by atoms with Crippen molar-refractivity contribution in [3.63, 3.8) is 0 Å². The molecule has 0 unspecified atom stereocenters. The van der Waals surface area contributed by atoms with E-state index in [1.54, 1.807) is 30.6 Å². The summed E-state index contributed by atoms with van der Waals surface area (Å²) in [7, 11) is -3.32. The van der Waals surface area contributed by atoms with Gasteiger partial charge in [0.05, 0.1) is 28.9 Å². The first-order chi connectivity index (χ1) is 11.5. The largest absolute Gasteiger partial charge is 0.266 e. The fourth-order valence-corrected chi connectivity index (χ4v) is 2.83. The minimum atomic E-state index is -3.32. The van der Waals surface area contributed by atoms with E-state index >= 15 is 0 Å². The van der Waals surface area contributed by atoms with Crippen molar-refractivity contribution in [1.29, 1.82) is 0 Å². The van der Waals surface area contributed by atoms with Crippen molar-refractivity contribution >= 4 is 32.5 Å². The third-order valence-corrected chi connectivity index (χ3v) is 4.37. The van der Waals surface area contributed by atoms with Gasteiger partial charge >= 0.3 is 0 Å². The zero-order valence-corrected chi connectivity index (χ0v) is 14.1. The average Bonchev–Trinajstić information content (AvgIpc) is 2.58. The Hall–Kier alpha value is -2.58. The maximum atomic E-state index is 11.8. The number of rotatable bonds is 5. The fraction of sp³-hybridized carbons (Fsp3) is 0.188. The second-order valence-electron chi connectivity index (χ2n) is 5.06. The van der Waals surface area contributed by atoms with Gasteiger partial charge in [-0.3, -0.25) is 9.82 Å². The molecule has 0 amide bonds. The van der Waals surface area contributed by atoms with Crippen LogP contribution < -0.4 is 5.06 Å². The molecular formula is C16H16N4O3S. The van der Waals surface area contributed by atoms with Crippen LogP contribution in [0, 0.1) is 0 Å². The van der Waals surface area contributed by atoms with Crippen molar-refractivity contribution < 1.29 is 13.3 Å². The summed E-state index contributed by atoms with van der Waals surface area (Å²) in [4.78, 5) is 18.7. The summed E-state index contributed by atoms with van der Waals surface area (Å²) in [5, 5.41) is 1.42. The van der Waals surface area contributed by atoms with Crippen LogP contribution in [-0.2, 0) is 14.7 Å². The van der Waals surface area contributed by atoms with Crippen LogP contribution in [0.15, 0.2) is 53.7 Å². The molecule has 0 bridgehead atoms. The Kier molecular flexibility index (Phi) is 4.41. The number of anilines is 2. The summed E-state index contributed by atoms with van der Waals surface area (Å²) < 4.78 is 23.6. The molecule has 0 fully saturated rings. The summed E-state index contributed by atoms with van der Waals surface area (Å²) >= 11 is 0. The lowest BCUT2D eigenvalue weighted by molar-refractivity contribution is 0.145. The number of benzene rings is 1. The summed E-state index contributed by atoms with van der Waals surface area (Å²) in [5.41, 5.74) is 1.87. The maximum absolute atomic E-state index is 11.8. The Labute approximate surface area is 139 Å². The molecule has 0 radical (unpaired) electrons. The summed E-state index contributed by atoms with van der Waals surface area (Å²) in [5.74, 6) is 0.308. The molecule has 0 aliphatic rings. The smallest absolute Gasteiger partial charge is 0.255 e. The molecule has 3 aromatic rings. The monoisotopic (exact) mass is 344 g/mol. The van der Waals surface area contributed by atoms with Gasteiger partial charge in [0, 0.05) is 12.5 Å². The molecule has 8 heteroatoms. The molecule has 0 aliphatic heterocycles. The van der Waals surface area contributed by atoms with E-state index in [9.17, 15) is 8.42 Å². The van der Waals surface area contributed by atoms with Crippen LogP contribution in [-0.4, -0.2) is 36.2 Å². The van der Waals surface area contributed by atoms with E-state index < -0.39 is 9.84 Å². The zero-order valence-electron chi connectivity index (χ0n) is 13.2. The van der Waals surface area contributed by atoms with Crippen molar-refractivity contribution in [3.05, 3.63) is 48.8 Å². The minimum absolute atomic E-state index is 0.201. The molecule has 24 heavy (non-hydrogen) atoms. The molecule has 0 spiro atoms. The molecule has 0 saturated heterocycles. The molecule has 3 rings (SSSR count). The highest BCUT2D eigenvalue weighted by molar-refractivity contribution is 7.90. The average molecular weight is 344 g/mol. The van der Waals surface area contributed by atoms with Gasteiger partial charge in [-0.25, -0.2) is 18.4 Å². The van der Waals surface area contributed by atoms with Gasteiger partial charge in [0.25, 0.3) is 5.95 Å². The van der Waals surface area contributed by atoms with Gasteiger partial charge in [-0.1, -0.05) is 6.07 Å². The predicted molar refractivity (Wildman–Crippen MR) is 90.6 cm³/mol. The molecule has 0 aliphatic carbocycles. The summed E-state index contributed by atoms with van der Waals surface area (Å²) in [6.45, 7) is 2.20. The lowest BCUT2D eigenvalue weighted by Gasteiger charge is -2.21. The van der Waals surface area contributed by atoms with Gasteiger partial charge in [-0.15, -0.1) is 0 Å². The third kappa shape index (κ3) is 3.34. The standard InChI is InChI=1S/C16H16N4O3S/c1-3-23-20(12-6-4-7-13(10-12)24(2,21)22)16-18-11-15-14(19-16)8-5-9-17-15/h4-11H,3H2,1-2H3. The number of nitrogens with zero attached hydrogens (tertiary/aromatic N) is 4. The highest BCUT2D eigenvalue weighted by Crippen LogP contribution is 2.26. The molecule has 0 atom stereocenters. The van der Waals surface area contributed by atoms with Crippen molar-refractivity contribution in [2.75, 3.05) is 17.9 Å². The highest BCUT2D eigenvalue weighted by atomic mass is 32.2. The quantitative estimate of drug-likeness (QED) is 0.657. The maximum Gasteiger partial charge on any atom is 0.255 e. The molecule has 2 aromatic heterocycles. The second-order valence-corrected chi connectivity index (χ2v) is 7.08. The van der Waals surface area contributed by atoms with Crippen LogP contribution in [0.1, 0.15) is 6.92 Å². The minimum Gasteiger partial charge on any atom is -0.266 e. The lowest BCUT2D eigenvalue weighted by atomic mass is 10.3. The summed E-state index contributed by atoms with van der Waals surface area (Å²) in [6.07, 6.45) is 4.43. The van der Waals surface area contributed by atoms with Gasteiger partial charge in [-0.05, 0) is 37.3 Å². The number of hydrogen-bond donors (Lipinski definition) is 0. The van der Waals surface area contributed by atoms with E-state index in [2.05, 4.69) is 15.0 Å². The van der Waals surface area contributed by atoms with E-state index in [0.29, 0.717) is 29.3 Å². The number of hydrogen-bond acceptors (Lipinski definition) is 7. The second kappa shape index (κ2) is 6.50. The van der Waals surface area contributed by atoms with Gasteiger partial charge < -0.3 is 0 Å². The van der Waals surface area contributed by atoms with Crippen LogP contribution in [0.4, 0.5) is 11.6 Å². The van der Waals surface area contributed by atoms with E-state index in [1.165, 1.54) is 17.2 Å². The van der Waals surface area contributed by atoms with E-state index in [-0.39, 0.29) is 4.90 Å². The highest BCUT2D eigenvalue weighted by Gasteiger charge is 2.16. The number of aromatic nitrogens is 3. The van der Waals surface area contributed by atoms with E-state index in [4.69, 9.17) is 4.84 Å². The van der Waals surface area contributed by atoms with Crippen molar-refractivity contribution in [2.24, 2.45) is 0 Å². The van der Waals surface area contributed by atoms with E-state index in [1.807, 2.05) is 13.0 Å². The first-order valence-corrected chi connectivity index (χ1v) is 9.19. The molecule has 7 nitrogen and oxygen atoms in total. The van der Waals surface area contributed by atoms with Gasteiger partial charge in [0.1, 0.15) is 5.52 Å². The van der Waals surface area contributed by atoms with Crippen LogP contribution in [0.25, 0.3) is 11.0 Å². The van der Waals surface area contributed by atoms with Gasteiger partial charge in [0.15, 0.2) is 9.84 Å². The van der Waals surface area contributed by atoms with E-state index in [0.717, 1.165) is 6.26 Å². The Bertz CT molecular complexity index is 976. The Morgan fingerprint density at radius 3 is 2.71 bits per heavy atom. The van der Waals surface area contributed by atoms with Gasteiger partial charge in [-0.2, -0.15) is 5.06 Å². The topological polar surface area (TPSA) is 85.3 Å². The zero-order chi connectivity index (χ0) is 17.2. The lowest BCUT2D eigenvalue weighted by Crippen LogP contribution is -2.20. The number of pyridine rings is 1. The van der Waals surface area contributed by atoms with Crippen molar-refractivity contribution in [3.8, 4) is 0 Å². The molecule has 0 N–H and O–H groups in total. The molecule has 2 heterocycles. The first-order valence-electron chi connectivity index (χ1n) is 7.30. The first kappa shape index (κ1) is 16.3. The van der Waals surface area contributed by atoms with Crippen molar-refractivity contribution in [1.82, 2.24) is 15.0 Å². The van der Waals surface area contributed by atoms with Crippen LogP contribution in [0.2, 0.25) is 0 Å². The predicted octanol–water partition coefficient (Wildman–Crippen LogP) is 2.52. The van der Waals surface area contributed by atoms with Crippen LogP contribution in [0.5, 0.6) is 0 Å². The molecule has 124 valence electrons. The molecule has 1 aromatic carbocycles. The van der Waals surface area contributed by atoms with Gasteiger partial charge in [0.2, 0.25) is 0 Å². The Balaban J connectivity index is 2.09. The number of fused-ring (bicyclic) bond motifs is 1. The van der Waals surface area contributed by atoms with Crippen molar-refractivity contribution in [2.45, 2.75) is 11.8 Å². The molecule has 0 saturated carbocycles. The normalized spacial score (nSPS) is 11.6. The SMILES string of the molecule is CCON(c1cccc(S(C)(=O)=O)c1)c1ncc2ncccc2n1. The van der Waals surface area contributed by atoms with Crippen LogP contribution in [0.3, 0.4) is 0 Å². The molecular weight excluding hydrogens is 328 g/mol. The number of sulfone groups is 1. The Morgan fingerprint density at radius 1 is 1.12 bits per heavy atom. The third-order valence-electron chi connectivity index (χ3n) is 3.26. The fourth-order valence-electron chi connectivity index (χ4n) is 2.17. The van der Waals surface area contributed by atoms with Crippen LogP contribution >= 0.6 is 0 Å².